The summed E-state index contributed by atoms with van der Waals surface area (Å²) in [5.41, 5.74) is 1.60. The Morgan fingerprint density at radius 3 is 2.80 bits per heavy atom. The summed E-state index contributed by atoms with van der Waals surface area (Å²) in [6.07, 6.45) is 3.21. The van der Waals surface area contributed by atoms with E-state index in [-0.39, 0.29) is 5.54 Å². The lowest BCUT2D eigenvalue weighted by molar-refractivity contribution is 0.0555. The molecule has 1 aromatic carbocycles. The van der Waals surface area contributed by atoms with Gasteiger partial charge in [-0.2, -0.15) is 0 Å². The minimum Gasteiger partial charge on any atom is -0.381 e. The maximum absolute atomic E-state index is 5.46. The van der Waals surface area contributed by atoms with E-state index in [9.17, 15) is 0 Å². The molecule has 3 rings (SSSR count). The van der Waals surface area contributed by atoms with E-state index in [1.807, 2.05) is 11.8 Å². The Kier molecular flexibility index (Phi) is 4.32. The Hall–Kier alpha value is -1.000. The SMILES string of the molecule is CC(Cc1ccccc1)N=C1NC2(CCOCC2)CS1. The average molecular weight is 290 g/mol. The molecule has 2 aliphatic heterocycles. The summed E-state index contributed by atoms with van der Waals surface area (Å²) in [7, 11) is 0. The third-order valence-corrected chi connectivity index (χ3v) is 5.20. The van der Waals surface area contributed by atoms with Gasteiger partial charge in [-0.3, -0.25) is 4.99 Å². The Morgan fingerprint density at radius 2 is 2.05 bits per heavy atom. The fourth-order valence-corrected chi connectivity index (χ4v) is 4.12. The molecule has 1 spiro atoms. The van der Waals surface area contributed by atoms with E-state index in [0.717, 1.165) is 43.4 Å². The van der Waals surface area contributed by atoms with Gasteiger partial charge in [-0.25, -0.2) is 0 Å². The van der Waals surface area contributed by atoms with Crippen molar-refractivity contribution in [2.75, 3.05) is 19.0 Å². The summed E-state index contributed by atoms with van der Waals surface area (Å²) < 4.78 is 5.46. The Balaban J connectivity index is 1.59. The van der Waals surface area contributed by atoms with E-state index in [2.05, 4.69) is 42.6 Å². The molecule has 0 bridgehead atoms. The largest absolute Gasteiger partial charge is 0.381 e. The normalized spacial score (nSPS) is 24.8. The van der Waals surface area contributed by atoms with E-state index < -0.39 is 0 Å². The molecule has 0 amide bonds. The van der Waals surface area contributed by atoms with Crippen LogP contribution in [0.2, 0.25) is 0 Å². The molecule has 0 radical (unpaired) electrons. The van der Waals surface area contributed by atoms with Crippen molar-refractivity contribution in [3.8, 4) is 0 Å². The minimum atomic E-state index is 0.244. The monoisotopic (exact) mass is 290 g/mol. The molecule has 20 heavy (non-hydrogen) atoms. The van der Waals surface area contributed by atoms with Gasteiger partial charge in [-0.15, -0.1) is 0 Å². The van der Waals surface area contributed by atoms with Crippen LogP contribution in [0.3, 0.4) is 0 Å². The van der Waals surface area contributed by atoms with Gasteiger partial charge in [0.05, 0.1) is 11.6 Å². The van der Waals surface area contributed by atoms with Crippen molar-refractivity contribution >= 4 is 16.9 Å². The molecule has 1 aromatic rings. The van der Waals surface area contributed by atoms with Crippen LogP contribution in [0.5, 0.6) is 0 Å². The Bertz CT molecular complexity index is 469. The molecule has 0 saturated carbocycles. The fraction of sp³-hybridized carbons (Fsp3) is 0.562. The van der Waals surface area contributed by atoms with Gasteiger partial charge in [-0.1, -0.05) is 42.1 Å². The first kappa shape index (κ1) is 14.0. The van der Waals surface area contributed by atoms with Gasteiger partial charge in [0.15, 0.2) is 5.17 Å². The summed E-state index contributed by atoms with van der Waals surface area (Å²) in [5.74, 6) is 1.13. The smallest absolute Gasteiger partial charge is 0.157 e. The van der Waals surface area contributed by atoms with Crippen molar-refractivity contribution in [3.63, 3.8) is 0 Å². The van der Waals surface area contributed by atoms with E-state index in [1.165, 1.54) is 5.56 Å². The van der Waals surface area contributed by atoms with Crippen LogP contribution in [0.15, 0.2) is 35.3 Å². The average Bonchev–Trinajstić information content (AvgIpc) is 2.83. The predicted octanol–water partition coefficient (Wildman–Crippen LogP) is 2.86. The first-order chi connectivity index (χ1) is 9.76. The summed E-state index contributed by atoms with van der Waals surface area (Å²) in [4.78, 5) is 4.85. The van der Waals surface area contributed by atoms with Gasteiger partial charge in [-0.05, 0) is 31.7 Å². The number of benzene rings is 1. The Labute approximate surface area is 125 Å². The number of nitrogens with one attached hydrogen (secondary N) is 1. The molecule has 1 N–H and O–H groups in total. The lowest BCUT2D eigenvalue weighted by Gasteiger charge is -2.32. The van der Waals surface area contributed by atoms with Crippen LogP contribution < -0.4 is 5.32 Å². The number of nitrogens with zero attached hydrogens (tertiary/aromatic N) is 1. The molecule has 1 unspecified atom stereocenters. The molecule has 4 heteroatoms. The van der Waals surface area contributed by atoms with Gasteiger partial charge < -0.3 is 10.1 Å². The summed E-state index contributed by atoms with van der Waals surface area (Å²) in [5, 5.41) is 4.78. The quantitative estimate of drug-likeness (QED) is 0.929. The molecule has 2 heterocycles. The van der Waals surface area contributed by atoms with E-state index in [1.54, 1.807) is 0 Å². The van der Waals surface area contributed by atoms with Gasteiger partial charge in [0.1, 0.15) is 0 Å². The number of aliphatic imine (C=N–C) groups is 1. The van der Waals surface area contributed by atoms with Crippen molar-refractivity contribution in [1.29, 1.82) is 0 Å². The number of amidine groups is 1. The third kappa shape index (κ3) is 3.36. The highest BCUT2D eigenvalue weighted by molar-refractivity contribution is 8.14. The highest BCUT2D eigenvalue weighted by atomic mass is 32.2. The van der Waals surface area contributed by atoms with Crippen molar-refractivity contribution in [2.45, 2.75) is 37.8 Å². The third-order valence-electron chi connectivity index (χ3n) is 4.02. The molecule has 3 nitrogen and oxygen atoms in total. The highest BCUT2D eigenvalue weighted by Gasteiger charge is 2.38. The number of thioether (sulfide) groups is 1. The number of hydrogen-bond acceptors (Lipinski definition) is 3. The molecular formula is C16H22N2OS. The maximum Gasteiger partial charge on any atom is 0.157 e. The van der Waals surface area contributed by atoms with Crippen LogP contribution in [0.25, 0.3) is 0 Å². The zero-order valence-electron chi connectivity index (χ0n) is 12.0. The molecule has 0 aliphatic carbocycles. The molecule has 2 saturated heterocycles. The van der Waals surface area contributed by atoms with Crippen molar-refractivity contribution in [2.24, 2.45) is 4.99 Å². The second-order valence-electron chi connectivity index (χ2n) is 5.78. The Morgan fingerprint density at radius 1 is 1.30 bits per heavy atom. The lowest BCUT2D eigenvalue weighted by Crippen LogP contribution is -2.48. The first-order valence-corrected chi connectivity index (χ1v) is 8.35. The van der Waals surface area contributed by atoms with E-state index >= 15 is 0 Å². The number of ether oxygens (including phenoxy) is 1. The molecule has 0 aromatic heterocycles. The maximum atomic E-state index is 5.46. The standard InChI is InChI=1S/C16H22N2OS/c1-13(11-14-5-3-2-4-6-14)17-15-18-16(12-20-15)7-9-19-10-8-16/h2-6,13H,7-12H2,1H3,(H,17,18). The zero-order valence-corrected chi connectivity index (χ0v) is 12.8. The zero-order chi connectivity index (χ0) is 13.8. The van der Waals surface area contributed by atoms with E-state index in [0.29, 0.717) is 6.04 Å². The van der Waals surface area contributed by atoms with Gasteiger partial charge in [0.2, 0.25) is 0 Å². The van der Waals surface area contributed by atoms with Gasteiger partial charge in [0, 0.05) is 19.0 Å². The van der Waals surface area contributed by atoms with Crippen LogP contribution in [0.4, 0.5) is 0 Å². The van der Waals surface area contributed by atoms with Gasteiger partial charge in [0.25, 0.3) is 0 Å². The van der Waals surface area contributed by atoms with Crippen molar-refractivity contribution < 1.29 is 4.74 Å². The molecule has 2 fully saturated rings. The molecular weight excluding hydrogens is 268 g/mol. The summed E-state index contributed by atoms with van der Waals surface area (Å²) >= 11 is 1.87. The van der Waals surface area contributed by atoms with Crippen molar-refractivity contribution in [3.05, 3.63) is 35.9 Å². The van der Waals surface area contributed by atoms with Crippen LogP contribution in [-0.2, 0) is 11.2 Å². The second kappa shape index (κ2) is 6.19. The number of hydrogen-bond donors (Lipinski definition) is 1. The first-order valence-electron chi connectivity index (χ1n) is 7.36. The highest BCUT2D eigenvalue weighted by Crippen LogP contribution is 2.32. The van der Waals surface area contributed by atoms with Crippen molar-refractivity contribution in [1.82, 2.24) is 5.32 Å². The van der Waals surface area contributed by atoms with Crippen LogP contribution in [0.1, 0.15) is 25.3 Å². The second-order valence-corrected chi connectivity index (χ2v) is 6.74. The minimum absolute atomic E-state index is 0.244. The van der Waals surface area contributed by atoms with Crippen LogP contribution in [-0.4, -0.2) is 35.7 Å². The van der Waals surface area contributed by atoms with Gasteiger partial charge >= 0.3 is 0 Å². The lowest BCUT2D eigenvalue weighted by atomic mass is 9.93. The predicted molar refractivity (Wildman–Crippen MR) is 85.4 cm³/mol. The molecule has 1 atom stereocenters. The summed E-state index contributed by atoms with van der Waals surface area (Å²) in [6, 6.07) is 10.9. The molecule has 108 valence electrons. The summed E-state index contributed by atoms with van der Waals surface area (Å²) in [6.45, 7) is 3.94. The number of rotatable bonds is 3. The van der Waals surface area contributed by atoms with Crippen LogP contribution >= 0.6 is 11.8 Å². The fourth-order valence-electron chi connectivity index (χ4n) is 2.81. The van der Waals surface area contributed by atoms with Crippen LogP contribution in [0, 0.1) is 0 Å². The molecule has 2 aliphatic rings. The topological polar surface area (TPSA) is 33.6 Å². The van der Waals surface area contributed by atoms with E-state index in [4.69, 9.17) is 9.73 Å².